The summed E-state index contributed by atoms with van der Waals surface area (Å²) in [6, 6.07) is 0.456. The second kappa shape index (κ2) is 10.6. The Hall–Kier alpha value is -0.0800. The van der Waals surface area contributed by atoms with Crippen molar-refractivity contribution in [2.75, 3.05) is 20.1 Å². The Bertz CT molecular complexity index is 256. The van der Waals surface area contributed by atoms with Crippen LogP contribution in [0.2, 0.25) is 0 Å². The second-order valence-electron chi connectivity index (χ2n) is 7.58. The molecule has 1 aliphatic heterocycles. The van der Waals surface area contributed by atoms with Crippen molar-refractivity contribution >= 4 is 0 Å². The highest BCUT2D eigenvalue weighted by molar-refractivity contribution is 4.75. The molecule has 0 aromatic rings. The fraction of sp³-hybridized carbons (Fsp3) is 1.00. The number of quaternary nitrogens is 1. The van der Waals surface area contributed by atoms with Gasteiger partial charge in [0.15, 0.2) is 6.10 Å². The van der Waals surface area contributed by atoms with Gasteiger partial charge in [0, 0.05) is 0 Å². The van der Waals surface area contributed by atoms with E-state index in [2.05, 4.69) is 20.9 Å². The average Bonchev–Trinajstić information content (AvgIpc) is 2.48. The van der Waals surface area contributed by atoms with Gasteiger partial charge in [-0.05, 0) is 19.8 Å². The number of hydrogen-bond acceptors (Lipinski definition) is 1. The molecule has 0 radical (unpaired) electrons. The molecule has 2 nitrogen and oxygen atoms in total. The lowest BCUT2D eigenvalue weighted by molar-refractivity contribution is -0.980. The first-order valence-electron chi connectivity index (χ1n) is 9.62. The van der Waals surface area contributed by atoms with Crippen LogP contribution in [0.25, 0.3) is 0 Å². The maximum Gasteiger partial charge on any atom is 0.154 e. The monoisotopic (exact) mass is 298 g/mol. The molecule has 0 aliphatic carbocycles. The fourth-order valence-corrected chi connectivity index (χ4v) is 3.63. The standard InChI is InChI=1S/C19H40NO/c1-4-5-6-7-8-9-10-11-12-13-14-15-16-20(3)17-19(21)18(20)2/h18-19,21H,4-17H2,1-3H3/q+1. The highest BCUT2D eigenvalue weighted by atomic mass is 16.3. The predicted molar refractivity (Wildman–Crippen MR) is 92.5 cm³/mol. The third-order valence-electron chi connectivity index (χ3n) is 5.67. The van der Waals surface area contributed by atoms with E-state index in [1.54, 1.807) is 0 Å². The van der Waals surface area contributed by atoms with Gasteiger partial charge in [0.2, 0.25) is 0 Å². The van der Waals surface area contributed by atoms with Gasteiger partial charge < -0.3 is 9.59 Å². The van der Waals surface area contributed by atoms with Crippen LogP contribution in [0.1, 0.15) is 90.9 Å². The Labute approximate surface area is 133 Å². The van der Waals surface area contributed by atoms with Crippen LogP contribution in [0.15, 0.2) is 0 Å². The van der Waals surface area contributed by atoms with Gasteiger partial charge in [0.25, 0.3) is 0 Å². The molecule has 1 heterocycles. The first-order chi connectivity index (χ1) is 10.1. The summed E-state index contributed by atoms with van der Waals surface area (Å²) < 4.78 is 1.10. The Morgan fingerprint density at radius 3 is 1.62 bits per heavy atom. The van der Waals surface area contributed by atoms with E-state index >= 15 is 0 Å². The molecule has 1 aliphatic rings. The number of aliphatic hydroxyl groups is 1. The molecular weight excluding hydrogens is 258 g/mol. The minimum atomic E-state index is -0.0488. The summed E-state index contributed by atoms with van der Waals surface area (Å²) in [5.41, 5.74) is 0. The third kappa shape index (κ3) is 7.15. The average molecular weight is 299 g/mol. The quantitative estimate of drug-likeness (QED) is 0.379. The first-order valence-corrected chi connectivity index (χ1v) is 9.62. The van der Waals surface area contributed by atoms with E-state index in [9.17, 15) is 5.11 Å². The number of nitrogens with zero attached hydrogens (tertiary/aromatic N) is 1. The Morgan fingerprint density at radius 1 is 0.810 bits per heavy atom. The van der Waals surface area contributed by atoms with E-state index in [4.69, 9.17) is 0 Å². The SMILES string of the molecule is CCCCCCCCCCCCCC[N+]1(C)CC(O)C1C. The number of hydrogen-bond donors (Lipinski definition) is 1. The fourth-order valence-electron chi connectivity index (χ4n) is 3.63. The summed E-state index contributed by atoms with van der Waals surface area (Å²) in [5, 5.41) is 9.63. The lowest BCUT2D eigenvalue weighted by Crippen LogP contribution is -2.70. The largest absolute Gasteiger partial charge is 0.381 e. The van der Waals surface area contributed by atoms with Crippen LogP contribution in [0.5, 0.6) is 0 Å². The number of likely N-dealkylation sites (N-methyl/N-ethyl adjacent to an activating group) is 1. The van der Waals surface area contributed by atoms with Crippen molar-refractivity contribution < 1.29 is 9.59 Å². The van der Waals surface area contributed by atoms with Crippen molar-refractivity contribution in [1.82, 2.24) is 0 Å². The minimum absolute atomic E-state index is 0.0488. The first kappa shape index (κ1) is 19.0. The number of aliphatic hydroxyl groups excluding tert-OH is 1. The molecule has 3 atom stereocenters. The predicted octanol–water partition coefficient (Wildman–Crippen LogP) is 4.90. The molecule has 0 bridgehead atoms. The minimum Gasteiger partial charge on any atom is -0.381 e. The lowest BCUT2D eigenvalue weighted by atomic mass is 9.96. The van der Waals surface area contributed by atoms with Crippen LogP contribution in [-0.4, -0.2) is 41.9 Å². The van der Waals surface area contributed by atoms with Crippen molar-refractivity contribution in [1.29, 1.82) is 0 Å². The highest BCUT2D eigenvalue weighted by Gasteiger charge is 2.46. The Balaban J connectivity index is 1.79. The van der Waals surface area contributed by atoms with Crippen molar-refractivity contribution in [3.05, 3.63) is 0 Å². The topological polar surface area (TPSA) is 20.2 Å². The molecule has 2 heteroatoms. The second-order valence-corrected chi connectivity index (χ2v) is 7.58. The third-order valence-corrected chi connectivity index (χ3v) is 5.67. The van der Waals surface area contributed by atoms with Gasteiger partial charge in [0.1, 0.15) is 12.6 Å². The Kier molecular flexibility index (Phi) is 9.59. The molecule has 0 amide bonds. The van der Waals surface area contributed by atoms with Crippen molar-refractivity contribution in [2.24, 2.45) is 0 Å². The lowest BCUT2D eigenvalue weighted by Gasteiger charge is -2.51. The smallest absolute Gasteiger partial charge is 0.154 e. The van der Waals surface area contributed by atoms with Crippen molar-refractivity contribution in [2.45, 2.75) is 103 Å². The zero-order valence-electron chi connectivity index (χ0n) is 14.9. The van der Waals surface area contributed by atoms with Crippen LogP contribution < -0.4 is 0 Å². The van der Waals surface area contributed by atoms with E-state index in [0.717, 1.165) is 11.0 Å². The summed E-state index contributed by atoms with van der Waals surface area (Å²) in [4.78, 5) is 0. The zero-order valence-corrected chi connectivity index (χ0v) is 14.9. The number of unbranched alkanes of at least 4 members (excludes halogenated alkanes) is 11. The van der Waals surface area contributed by atoms with Gasteiger partial charge in [-0.15, -0.1) is 0 Å². The van der Waals surface area contributed by atoms with E-state index in [1.165, 1.54) is 83.6 Å². The van der Waals surface area contributed by atoms with E-state index in [0.29, 0.717) is 6.04 Å². The highest BCUT2D eigenvalue weighted by Crippen LogP contribution is 2.27. The normalized spacial score (nSPS) is 28.6. The molecule has 0 saturated carbocycles. The maximum atomic E-state index is 9.63. The van der Waals surface area contributed by atoms with Crippen LogP contribution in [-0.2, 0) is 0 Å². The van der Waals surface area contributed by atoms with Crippen molar-refractivity contribution in [3.8, 4) is 0 Å². The Morgan fingerprint density at radius 2 is 1.24 bits per heavy atom. The van der Waals surface area contributed by atoms with Gasteiger partial charge in [-0.3, -0.25) is 0 Å². The van der Waals surface area contributed by atoms with Crippen LogP contribution in [0.3, 0.4) is 0 Å². The molecule has 0 spiro atoms. The van der Waals surface area contributed by atoms with Crippen molar-refractivity contribution in [3.63, 3.8) is 0 Å². The number of likely N-dealkylation sites (tertiary alicyclic amines) is 1. The molecule has 21 heavy (non-hydrogen) atoms. The van der Waals surface area contributed by atoms with Gasteiger partial charge in [-0.2, -0.15) is 0 Å². The van der Waals surface area contributed by atoms with Crippen LogP contribution in [0, 0.1) is 0 Å². The van der Waals surface area contributed by atoms with E-state index in [-0.39, 0.29) is 6.10 Å². The van der Waals surface area contributed by atoms with Crippen LogP contribution in [0.4, 0.5) is 0 Å². The maximum absolute atomic E-state index is 9.63. The summed E-state index contributed by atoms with van der Waals surface area (Å²) in [6.07, 6.45) is 17.0. The molecule has 1 fully saturated rings. The molecule has 1 N–H and O–H groups in total. The molecule has 3 unspecified atom stereocenters. The van der Waals surface area contributed by atoms with Gasteiger partial charge >= 0.3 is 0 Å². The molecule has 0 aromatic carbocycles. The van der Waals surface area contributed by atoms with Crippen LogP contribution >= 0.6 is 0 Å². The van der Waals surface area contributed by atoms with Gasteiger partial charge in [0.05, 0.1) is 13.6 Å². The molecule has 126 valence electrons. The summed E-state index contributed by atoms with van der Waals surface area (Å²) in [6.45, 7) is 6.70. The summed E-state index contributed by atoms with van der Waals surface area (Å²) in [5.74, 6) is 0. The molecule has 0 aromatic heterocycles. The van der Waals surface area contributed by atoms with E-state index < -0.39 is 0 Å². The van der Waals surface area contributed by atoms with Gasteiger partial charge in [-0.25, -0.2) is 0 Å². The molecule has 1 rings (SSSR count). The molecule has 1 saturated heterocycles. The zero-order chi connectivity index (χ0) is 15.6. The summed E-state index contributed by atoms with van der Waals surface area (Å²) >= 11 is 0. The van der Waals surface area contributed by atoms with E-state index in [1.807, 2.05) is 0 Å². The van der Waals surface area contributed by atoms with Gasteiger partial charge in [-0.1, -0.05) is 71.1 Å². The summed E-state index contributed by atoms with van der Waals surface area (Å²) in [7, 11) is 2.30. The molecular formula is C19H40NO+. The number of rotatable bonds is 13.